The molecule has 1 aliphatic heterocycles. The van der Waals surface area contributed by atoms with E-state index in [9.17, 15) is 14.4 Å². The minimum absolute atomic E-state index is 0.0446. The number of esters is 1. The second-order valence-corrected chi connectivity index (χ2v) is 7.59. The molecule has 160 valence electrons. The molecular formula is C27H17FN2O3. The van der Waals surface area contributed by atoms with Crippen molar-refractivity contribution in [3.05, 3.63) is 119 Å². The fourth-order valence-electron chi connectivity index (χ4n) is 4.06. The van der Waals surface area contributed by atoms with Crippen molar-refractivity contribution in [1.29, 1.82) is 5.26 Å². The van der Waals surface area contributed by atoms with Crippen LogP contribution in [0.25, 0.3) is 10.8 Å². The molecule has 4 aromatic rings. The summed E-state index contributed by atoms with van der Waals surface area (Å²) in [5, 5.41) is 11.4. The molecule has 0 aliphatic carbocycles. The molecule has 0 aromatic heterocycles. The van der Waals surface area contributed by atoms with E-state index in [2.05, 4.69) is 6.07 Å². The standard InChI is InChI=1S/C27H17FN2O3/c28-18-10-8-17(9-11-18)25-22-13-12-19(14-24(22)33-26(30)23(25)15-29)32-27(31)21-7-3-5-16-4-1-2-6-20(16)21/h1-14,25H,30H2. The van der Waals surface area contributed by atoms with Crippen LogP contribution in [-0.2, 0) is 0 Å². The van der Waals surface area contributed by atoms with Gasteiger partial charge in [0.05, 0.1) is 11.5 Å². The number of fused-ring (bicyclic) bond motifs is 2. The molecule has 2 N–H and O–H groups in total. The van der Waals surface area contributed by atoms with E-state index in [4.69, 9.17) is 15.2 Å². The normalized spacial score (nSPS) is 14.8. The third kappa shape index (κ3) is 3.66. The molecule has 0 saturated carbocycles. The van der Waals surface area contributed by atoms with Gasteiger partial charge in [-0.15, -0.1) is 0 Å². The first-order valence-corrected chi connectivity index (χ1v) is 10.2. The van der Waals surface area contributed by atoms with Crippen LogP contribution in [0.1, 0.15) is 27.4 Å². The molecule has 5 rings (SSSR count). The highest BCUT2D eigenvalue weighted by Crippen LogP contribution is 2.43. The molecule has 0 amide bonds. The predicted molar refractivity (Wildman–Crippen MR) is 121 cm³/mol. The molecule has 1 unspecified atom stereocenters. The second kappa shape index (κ2) is 8.13. The van der Waals surface area contributed by atoms with Crippen molar-refractivity contribution < 1.29 is 18.7 Å². The molecule has 5 nitrogen and oxygen atoms in total. The zero-order chi connectivity index (χ0) is 22.9. The summed E-state index contributed by atoms with van der Waals surface area (Å²) < 4.78 is 24.8. The van der Waals surface area contributed by atoms with Crippen molar-refractivity contribution in [2.45, 2.75) is 5.92 Å². The van der Waals surface area contributed by atoms with Crippen LogP contribution >= 0.6 is 0 Å². The number of benzene rings is 4. The number of carbonyl (C=O) groups excluding carboxylic acids is 1. The van der Waals surface area contributed by atoms with Crippen LogP contribution < -0.4 is 15.2 Å². The smallest absolute Gasteiger partial charge is 0.344 e. The Morgan fingerprint density at radius 2 is 1.76 bits per heavy atom. The third-order valence-electron chi connectivity index (χ3n) is 5.61. The summed E-state index contributed by atoms with van der Waals surface area (Å²) >= 11 is 0. The maximum absolute atomic E-state index is 13.4. The van der Waals surface area contributed by atoms with Crippen molar-refractivity contribution in [2.24, 2.45) is 5.73 Å². The van der Waals surface area contributed by atoms with Gasteiger partial charge in [-0.2, -0.15) is 5.26 Å². The Bertz CT molecular complexity index is 1460. The Morgan fingerprint density at radius 1 is 1.00 bits per heavy atom. The Kier molecular flexibility index (Phi) is 5.00. The van der Waals surface area contributed by atoms with E-state index in [1.165, 1.54) is 12.1 Å². The van der Waals surface area contributed by atoms with Crippen LogP contribution in [-0.4, -0.2) is 5.97 Å². The van der Waals surface area contributed by atoms with Crippen molar-refractivity contribution in [3.63, 3.8) is 0 Å². The summed E-state index contributed by atoms with van der Waals surface area (Å²) in [5.74, 6) is -0.808. The minimum atomic E-state index is -0.526. The highest BCUT2D eigenvalue weighted by molar-refractivity contribution is 6.05. The number of nitrogens with two attached hydrogens (primary N) is 1. The van der Waals surface area contributed by atoms with Crippen LogP contribution in [0.2, 0.25) is 0 Å². The van der Waals surface area contributed by atoms with Gasteiger partial charge in [0.15, 0.2) is 0 Å². The van der Waals surface area contributed by atoms with E-state index in [1.54, 1.807) is 42.5 Å². The zero-order valence-corrected chi connectivity index (χ0v) is 17.3. The maximum atomic E-state index is 13.4. The van der Waals surface area contributed by atoms with Crippen molar-refractivity contribution in [2.75, 3.05) is 0 Å². The largest absolute Gasteiger partial charge is 0.440 e. The summed E-state index contributed by atoms with van der Waals surface area (Å²) in [6.45, 7) is 0. The fourth-order valence-corrected chi connectivity index (χ4v) is 4.06. The number of ether oxygens (including phenoxy) is 2. The van der Waals surface area contributed by atoms with Gasteiger partial charge in [-0.25, -0.2) is 9.18 Å². The van der Waals surface area contributed by atoms with Crippen molar-refractivity contribution in [3.8, 4) is 17.6 Å². The molecule has 1 atom stereocenters. The quantitative estimate of drug-likeness (QED) is 0.343. The van der Waals surface area contributed by atoms with Gasteiger partial charge >= 0.3 is 5.97 Å². The Hall–Kier alpha value is -4.63. The highest BCUT2D eigenvalue weighted by atomic mass is 19.1. The number of nitrogens with zero attached hydrogens (tertiary/aromatic N) is 1. The Labute approximate surface area is 189 Å². The van der Waals surface area contributed by atoms with Crippen molar-refractivity contribution >= 4 is 16.7 Å². The number of rotatable bonds is 3. The van der Waals surface area contributed by atoms with Gasteiger partial charge in [0, 0.05) is 11.6 Å². The van der Waals surface area contributed by atoms with Gasteiger partial charge in [0.25, 0.3) is 0 Å². The fraction of sp³-hybridized carbons (Fsp3) is 0.0370. The second-order valence-electron chi connectivity index (χ2n) is 7.59. The summed E-state index contributed by atoms with van der Waals surface area (Å²) in [4.78, 5) is 12.9. The molecule has 0 spiro atoms. The van der Waals surface area contributed by atoms with E-state index in [-0.39, 0.29) is 23.0 Å². The Morgan fingerprint density at radius 3 is 2.55 bits per heavy atom. The maximum Gasteiger partial charge on any atom is 0.344 e. The third-order valence-corrected chi connectivity index (χ3v) is 5.61. The predicted octanol–water partition coefficient (Wildman–Crippen LogP) is 5.42. The zero-order valence-electron chi connectivity index (χ0n) is 17.3. The molecule has 4 aromatic carbocycles. The minimum Gasteiger partial charge on any atom is -0.440 e. The molecule has 0 fully saturated rings. The molecular weight excluding hydrogens is 419 g/mol. The lowest BCUT2D eigenvalue weighted by Gasteiger charge is -2.26. The van der Waals surface area contributed by atoms with Gasteiger partial charge in [-0.05, 0) is 40.6 Å². The van der Waals surface area contributed by atoms with Gasteiger partial charge in [-0.3, -0.25) is 0 Å². The lowest BCUT2D eigenvalue weighted by atomic mass is 9.83. The highest BCUT2D eigenvalue weighted by Gasteiger charge is 2.31. The number of hydrogen-bond acceptors (Lipinski definition) is 5. The summed E-state index contributed by atoms with van der Waals surface area (Å²) in [7, 11) is 0. The van der Waals surface area contributed by atoms with Gasteiger partial charge in [0.1, 0.15) is 29.0 Å². The lowest BCUT2D eigenvalue weighted by molar-refractivity contribution is 0.0736. The van der Waals surface area contributed by atoms with E-state index >= 15 is 0 Å². The molecule has 0 radical (unpaired) electrons. The van der Waals surface area contributed by atoms with E-state index in [0.717, 1.165) is 10.8 Å². The van der Waals surface area contributed by atoms with Gasteiger partial charge in [-0.1, -0.05) is 54.6 Å². The topological polar surface area (TPSA) is 85.3 Å². The SMILES string of the molecule is N#CC1=C(N)Oc2cc(OC(=O)c3cccc4ccccc34)ccc2C1c1ccc(F)cc1. The van der Waals surface area contributed by atoms with E-state index in [1.807, 2.05) is 30.3 Å². The summed E-state index contributed by atoms with van der Waals surface area (Å²) in [5.41, 5.74) is 8.06. The van der Waals surface area contributed by atoms with Crippen LogP contribution in [0.3, 0.4) is 0 Å². The number of allylic oxidation sites excluding steroid dienone is 1. The molecule has 6 heteroatoms. The Balaban J connectivity index is 1.50. The van der Waals surface area contributed by atoms with Crippen LogP contribution in [0, 0.1) is 17.1 Å². The molecule has 33 heavy (non-hydrogen) atoms. The van der Waals surface area contributed by atoms with Gasteiger partial charge < -0.3 is 15.2 Å². The first-order valence-electron chi connectivity index (χ1n) is 10.2. The van der Waals surface area contributed by atoms with Crippen LogP contribution in [0.5, 0.6) is 11.5 Å². The lowest BCUT2D eigenvalue weighted by Crippen LogP contribution is -2.21. The van der Waals surface area contributed by atoms with Crippen LogP contribution in [0.4, 0.5) is 4.39 Å². The first kappa shape index (κ1) is 20.3. The summed E-state index contributed by atoms with van der Waals surface area (Å²) in [6, 6.07) is 25.9. The van der Waals surface area contributed by atoms with E-state index in [0.29, 0.717) is 22.4 Å². The number of hydrogen-bond donors (Lipinski definition) is 1. The average molecular weight is 436 g/mol. The molecule has 1 heterocycles. The first-order chi connectivity index (χ1) is 16.0. The van der Waals surface area contributed by atoms with Gasteiger partial charge in [0.2, 0.25) is 5.88 Å². The van der Waals surface area contributed by atoms with Crippen LogP contribution in [0.15, 0.2) is 96.4 Å². The number of nitriles is 1. The monoisotopic (exact) mass is 436 g/mol. The number of halogens is 1. The average Bonchev–Trinajstić information content (AvgIpc) is 2.83. The molecule has 0 bridgehead atoms. The summed E-state index contributed by atoms with van der Waals surface area (Å²) in [6.07, 6.45) is 0. The number of carbonyl (C=O) groups is 1. The van der Waals surface area contributed by atoms with E-state index < -0.39 is 11.9 Å². The molecule has 0 saturated heterocycles. The molecule has 1 aliphatic rings. The van der Waals surface area contributed by atoms with Crippen molar-refractivity contribution in [1.82, 2.24) is 0 Å².